The Hall–Kier alpha value is -2.90. The number of aryl methyl sites for hydroxylation is 1. The summed E-state index contributed by atoms with van der Waals surface area (Å²) in [6.45, 7) is 2.19. The molecule has 1 aliphatic carbocycles. The van der Waals surface area contributed by atoms with E-state index in [2.05, 4.69) is 10.7 Å². The lowest BCUT2D eigenvalue weighted by atomic mass is 9.82. The molecule has 3 aliphatic rings. The number of hydrogen-bond donors (Lipinski definition) is 2. The van der Waals surface area contributed by atoms with E-state index in [0.29, 0.717) is 12.8 Å². The Morgan fingerprint density at radius 3 is 2.46 bits per heavy atom. The number of nitrogens with one attached hydrogen (secondary N) is 2. The second kappa shape index (κ2) is 6.92. The van der Waals surface area contributed by atoms with Crippen LogP contribution in [0.15, 0.2) is 24.3 Å². The van der Waals surface area contributed by atoms with Crippen LogP contribution < -0.4 is 15.6 Å². The smallest absolute Gasteiger partial charge is 0.322 e. The summed E-state index contributed by atoms with van der Waals surface area (Å²) in [5.74, 6) is -1.65. The molecule has 28 heavy (non-hydrogen) atoms. The van der Waals surface area contributed by atoms with Gasteiger partial charge in [0.2, 0.25) is 11.8 Å². The number of benzene rings is 1. The first kappa shape index (κ1) is 18.5. The molecule has 2 saturated heterocycles. The third-order valence-electron chi connectivity index (χ3n) is 5.93. The quantitative estimate of drug-likeness (QED) is 0.774. The lowest BCUT2D eigenvalue weighted by Gasteiger charge is -2.30. The number of hydrogen-bond acceptors (Lipinski definition) is 4. The maximum Gasteiger partial charge on any atom is 0.344 e. The van der Waals surface area contributed by atoms with E-state index >= 15 is 0 Å². The average Bonchev–Trinajstić information content (AvgIpc) is 3.17. The molecule has 0 aromatic heterocycles. The molecule has 8 nitrogen and oxygen atoms in total. The molecule has 1 spiro atoms. The third-order valence-corrected chi connectivity index (χ3v) is 5.93. The van der Waals surface area contributed by atoms with Crippen molar-refractivity contribution in [3.8, 4) is 0 Å². The molecule has 5 amide bonds. The molecule has 1 aromatic rings. The topological polar surface area (TPSA) is 98.8 Å². The highest BCUT2D eigenvalue weighted by atomic mass is 16.2. The van der Waals surface area contributed by atoms with Gasteiger partial charge >= 0.3 is 6.03 Å². The number of carbonyl (C=O) groups is 4. The van der Waals surface area contributed by atoms with E-state index in [4.69, 9.17) is 0 Å². The highest BCUT2D eigenvalue weighted by Crippen LogP contribution is 2.33. The van der Waals surface area contributed by atoms with Gasteiger partial charge in [0, 0.05) is 18.7 Å². The number of rotatable bonds is 3. The summed E-state index contributed by atoms with van der Waals surface area (Å²) in [5, 5.41) is 3.56. The minimum Gasteiger partial charge on any atom is -0.322 e. The molecule has 1 atom stereocenters. The van der Waals surface area contributed by atoms with Crippen molar-refractivity contribution in [2.24, 2.45) is 5.92 Å². The predicted octanol–water partition coefficient (Wildman–Crippen LogP) is 1.63. The van der Waals surface area contributed by atoms with Crippen LogP contribution in [0.2, 0.25) is 0 Å². The Morgan fingerprint density at radius 1 is 1.11 bits per heavy atom. The fraction of sp³-hybridized carbons (Fsp3) is 0.500. The van der Waals surface area contributed by atoms with Crippen molar-refractivity contribution in [2.45, 2.75) is 51.0 Å². The lowest BCUT2D eigenvalue weighted by molar-refractivity contribution is -0.141. The first-order valence-electron chi connectivity index (χ1n) is 9.74. The van der Waals surface area contributed by atoms with Gasteiger partial charge < -0.3 is 10.2 Å². The van der Waals surface area contributed by atoms with Gasteiger partial charge in [-0.1, -0.05) is 37.0 Å². The minimum absolute atomic E-state index is 0.0501. The molecule has 2 aliphatic heterocycles. The summed E-state index contributed by atoms with van der Waals surface area (Å²) in [5.41, 5.74) is 3.38. The van der Waals surface area contributed by atoms with Gasteiger partial charge in [-0.2, -0.15) is 5.01 Å². The Bertz CT molecular complexity index is 829. The number of amides is 5. The zero-order valence-electron chi connectivity index (χ0n) is 15.9. The summed E-state index contributed by atoms with van der Waals surface area (Å²) in [4.78, 5) is 51.7. The van der Waals surface area contributed by atoms with Gasteiger partial charge in [-0.15, -0.1) is 0 Å². The van der Waals surface area contributed by atoms with E-state index in [1.165, 1.54) is 0 Å². The molecular weight excluding hydrogens is 360 g/mol. The molecular formula is C20H24N4O4. The van der Waals surface area contributed by atoms with Crippen molar-refractivity contribution in [2.75, 3.05) is 11.4 Å². The van der Waals surface area contributed by atoms with E-state index < -0.39 is 29.3 Å². The lowest BCUT2D eigenvalue weighted by Crippen LogP contribution is -2.52. The predicted molar refractivity (Wildman–Crippen MR) is 101 cm³/mol. The third kappa shape index (κ3) is 3.12. The SMILES string of the molecule is Cc1ccc(N2C[C@H](C(=O)NN3C(=O)NC4(CCCCC4)C3=O)CC2=O)cc1. The molecule has 148 valence electrons. The van der Waals surface area contributed by atoms with Crippen molar-refractivity contribution in [1.29, 1.82) is 0 Å². The van der Waals surface area contributed by atoms with Gasteiger partial charge in [0.1, 0.15) is 5.54 Å². The van der Waals surface area contributed by atoms with E-state index in [1.807, 2.05) is 31.2 Å². The number of hydrazine groups is 1. The first-order chi connectivity index (χ1) is 13.4. The molecule has 8 heteroatoms. The first-order valence-corrected chi connectivity index (χ1v) is 9.74. The molecule has 2 N–H and O–H groups in total. The van der Waals surface area contributed by atoms with E-state index in [9.17, 15) is 19.2 Å². The monoisotopic (exact) mass is 384 g/mol. The van der Waals surface area contributed by atoms with Crippen molar-refractivity contribution in [3.63, 3.8) is 0 Å². The highest BCUT2D eigenvalue weighted by molar-refractivity contribution is 6.08. The Morgan fingerprint density at radius 2 is 1.79 bits per heavy atom. The van der Waals surface area contributed by atoms with Crippen LogP contribution in [0.5, 0.6) is 0 Å². The standard InChI is InChI=1S/C20H24N4O4/c1-13-5-7-15(8-6-13)23-12-14(11-16(23)25)17(26)22-24-18(27)20(21-19(24)28)9-3-2-4-10-20/h5-8,14H,2-4,9-12H2,1H3,(H,21,28)(H,22,26)/t14-/m1/s1. The van der Waals surface area contributed by atoms with Crippen molar-refractivity contribution < 1.29 is 19.2 Å². The Kier molecular flexibility index (Phi) is 4.56. The molecule has 1 saturated carbocycles. The van der Waals surface area contributed by atoms with E-state index in [0.717, 1.165) is 35.5 Å². The summed E-state index contributed by atoms with van der Waals surface area (Å²) < 4.78 is 0. The molecule has 1 aromatic carbocycles. The summed E-state index contributed by atoms with van der Waals surface area (Å²) in [7, 11) is 0. The minimum atomic E-state index is -0.887. The largest absolute Gasteiger partial charge is 0.344 e. The maximum atomic E-state index is 12.8. The number of anilines is 1. The normalized spacial score (nSPS) is 24.0. The fourth-order valence-corrected chi connectivity index (χ4v) is 4.27. The molecule has 3 fully saturated rings. The van der Waals surface area contributed by atoms with Gasteiger partial charge in [-0.25, -0.2) is 4.79 Å². The zero-order chi connectivity index (χ0) is 19.9. The summed E-state index contributed by atoms with van der Waals surface area (Å²) in [6.07, 6.45) is 4.01. The summed E-state index contributed by atoms with van der Waals surface area (Å²) >= 11 is 0. The van der Waals surface area contributed by atoms with Gasteiger partial charge in [0.15, 0.2) is 0 Å². The Labute approximate surface area is 163 Å². The molecule has 0 bridgehead atoms. The molecule has 0 radical (unpaired) electrons. The number of carbonyl (C=O) groups excluding carboxylic acids is 4. The van der Waals surface area contributed by atoms with Gasteiger partial charge in [0.05, 0.1) is 5.92 Å². The van der Waals surface area contributed by atoms with Gasteiger partial charge in [-0.3, -0.25) is 19.8 Å². The molecule has 2 heterocycles. The maximum absolute atomic E-state index is 12.8. The Balaban J connectivity index is 1.43. The second-order valence-electron chi connectivity index (χ2n) is 7.93. The van der Waals surface area contributed by atoms with Crippen LogP contribution in [-0.4, -0.2) is 40.8 Å². The fourth-order valence-electron chi connectivity index (χ4n) is 4.27. The zero-order valence-corrected chi connectivity index (χ0v) is 15.9. The van der Waals surface area contributed by atoms with Crippen LogP contribution in [0.3, 0.4) is 0 Å². The molecule has 4 rings (SSSR count). The van der Waals surface area contributed by atoms with Crippen LogP contribution in [0.1, 0.15) is 44.1 Å². The van der Waals surface area contributed by atoms with Crippen LogP contribution >= 0.6 is 0 Å². The van der Waals surface area contributed by atoms with E-state index in [-0.39, 0.29) is 18.9 Å². The van der Waals surface area contributed by atoms with Crippen LogP contribution in [-0.2, 0) is 14.4 Å². The van der Waals surface area contributed by atoms with Crippen LogP contribution in [0.4, 0.5) is 10.5 Å². The number of imide groups is 1. The average molecular weight is 384 g/mol. The number of nitrogens with zero attached hydrogens (tertiary/aromatic N) is 2. The van der Waals surface area contributed by atoms with Crippen molar-refractivity contribution >= 4 is 29.4 Å². The van der Waals surface area contributed by atoms with Crippen LogP contribution in [0, 0.1) is 12.8 Å². The van der Waals surface area contributed by atoms with Gasteiger partial charge in [0.25, 0.3) is 5.91 Å². The summed E-state index contributed by atoms with van der Waals surface area (Å²) in [6, 6.07) is 6.91. The highest BCUT2D eigenvalue weighted by Gasteiger charge is 2.52. The van der Waals surface area contributed by atoms with Crippen molar-refractivity contribution in [3.05, 3.63) is 29.8 Å². The van der Waals surface area contributed by atoms with E-state index in [1.54, 1.807) is 4.90 Å². The number of urea groups is 1. The van der Waals surface area contributed by atoms with Crippen molar-refractivity contribution in [1.82, 2.24) is 15.8 Å². The van der Waals surface area contributed by atoms with Crippen LogP contribution in [0.25, 0.3) is 0 Å². The molecule has 0 unspecified atom stereocenters. The second-order valence-corrected chi connectivity index (χ2v) is 7.93. The van der Waals surface area contributed by atoms with Gasteiger partial charge in [-0.05, 0) is 31.9 Å².